The first-order valence-corrected chi connectivity index (χ1v) is 22.5. The molecule has 0 aliphatic carbocycles. The maximum atomic E-state index is 13.2. The number of aryl methyl sites for hydroxylation is 1. The second-order valence-corrected chi connectivity index (χ2v) is 20.3. The van der Waals surface area contributed by atoms with Crippen molar-refractivity contribution in [1.82, 2.24) is 5.32 Å². The largest absolute Gasteiger partial charge is 0.489 e. The van der Waals surface area contributed by atoms with Crippen molar-refractivity contribution in [3.63, 3.8) is 0 Å². The van der Waals surface area contributed by atoms with E-state index in [0.29, 0.717) is 30.9 Å². The number of carbonyl (C=O) groups is 1. The molecule has 0 bridgehead atoms. The Morgan fingerprint density at radius 3 is 2.22 bits per heavy atom. The molecule has 3 rings (SSSR count). The Bertz CT molecular complexity index is 1640. The number of hydrogen-bond acceptors (Lipinski definition) is 6. The first-order chi connectivity index (χ1) is 23.3. The molecular weight excluding hydrogens is 709 g/mol. The number of halogens is 1. The van der Waals surface area contributed by atoms with Crippen LogP contribution in [0, 0.1) is 5.41 Å². The molecule has 1 unspecified atom stereocenters. The molecule has 8 nitrogen and oxygen atoms in total. The van der Waals surface area contributed by atoms with E-state index in [1.807, 2.05) is 101 Å². The quantitative estimate of drug-likeness (QED) is 0.0751. The second kappa shape index (κ2) is 18.3. The number of carbonyl (C=O) groups excluding carboxylic acids is 1. The van der Waals surface area contributed by atoms with E-state index in [9.17, 15) is 19.1 Å². The number of benzene rings is 3. The lowest BCUT2D eigenvalue weighted by Crippen LogP contribution is -2.57. The van der Waals surface area contributed by atoms with Gasteiger partial charge in [-0.2, -0.15) is 0 Å². The fourth-order valence-corrected chi connectivity index (χ4v) is 7.73. The average molecular weight is 762 g/mol. The number of hydrogen-bond donors (Lipinski definition) is 3. The van der Waals surface area contributed by atoms with Crippen LogP contribution < -0.4 is 10.1 Å². The monoisotopic (exact) mass is 761 g/mol. The van der Waals surface area contributed by atoms with Gasteiger partial charge in [0.15, 0.2) is 9.04 Å². The Kier molecular flexibility index (Phi) is 15.3. The van der Waals surface area contributed by atoms with Crippen molar-refractivity contribution >= 4 is 46.1 Å². The minimum Gasteiger partial charge on any atom is -0.489 e. The van der Waals surface area contributed by atoms with Crippen LogP contribution in [0.25, 0.3) is 0 Å². The molecule has 12 heteroatoms. The predicted molar refractivity (Wildman–Crippen MR) is 207 cm³/mol. The van der Waals surface area contributed by atoms with Crippen LogP contribution >= 0.6 is 31.0 Å². The Morgan fingerprint density at radius 1 is 0.940 bits per heavy atom. The van der Waals surface area contributed by atoms with Crippen molar-refractivity contribution in [2.24, 2.45) is 5.41 Å². The van der Waals surface area contributed by atoms with E-state index < -0.39 is 39.3 Å². The van der Waals surface area contributed by atoms with Crippen LogP contribution in [0.1, 0.15) is 71.9 Å². The molecule has 0 saturated carbocycles. The van der Waals surface area contributed by atoms with Crippen molar-refractivity contribution in [3.05, 3.63) is 100 Å². The molecule has 0 saturated heterocycles. The highest BCUT2D eigenvalue weighted by Gasteiger charge is 2.44. The van der Waals surface area contributed by atoms with Crippen LogP contribution in [0.4, 0.5) is 4.79 Å². The van der Waals surface area contributed by atoms with Crippen LogP contribution in [0.2, 0.25) is 18.1 Å². The lowest BCUT2D eigenvalue weighted by molar-refractivity contribution is 0.0385. The predicted octanol–water partition coefficient (Wildman–Crippen LogP) is 10.2. The van der Waals surface area contributed by atoms with Crippen LogP contribution in [0.5, 0.6) is 5.75 Å². The molecule has 0 radical (unpaired) electrons. The normalized spacial score (nSPS) is 14.0. The second-order valence-electron chi connectivity index (χ2n) is 14.7. The van der Waals surface area contributed by atoms with Crippen LogP contribution in [0.3, 0.4) is 0 Å². The molecule has 3 aromatic carbocycles. The molecule has 1 atom stereocenters. The van der Waals surface area contributed by atoms with E-state index >= 15 is 0 Å². The first kappa shape index (κ1) is 41.9. The molecule has 0 aliphatic rings. The third kappa shape index (κ3) is 13.9. The highest BCUT2D eigenvalue weighted by atomic mass is 35.5. The van der Waals surface area contributed by atoms with Gasteiger partial charge in [-0.25, -0.2) is 4.79 Å². The minimum absolute atomic E-state index is 0.144. The summed E-state index contributed by atoms with van der Waals surface area (Å²) in [7, 11) is -6.28. The summed E-state index contributed by atoms with van der Waals surface area (Å²) in [6.45, 7) is 15.3. The smallest absolute Gasteiger partial charge is 0.408 e. The van der Waals surface area contributed by atoms with Gasteiger partial charge >= 0.3 is 13.7 Å². The van der Waals surface area contributed by atoms with Gasteiger partial charge in [0.2, 0.25) is 0 Å². The highest BCUT2D eigenvalue weighted by molar-refractivity contribution is 7.99. The molecule has 3 aromatic rings. The molecule has 50 heavy (non-hydrogen) atoms. The number of unbranched alkanes of at least 4 members (excludes halogenated alkanes) is 1. The maximum absolute atomic E-state index is 13.2. The van der Waals surface area contributed by atoms with Gasteiger partial charge in [0.25, 0.3) is 0 Å². The maximum Gasteiger partial charge on any atom is 0.408 e. The molecule has 1 amide bonds. The third-order valence-electron chi connectivity index (χ3n) is 8.00. The lowest BCUT2D eigenvalue weighted by atomic mass is 9.70. The zero-order valence-corrected chi connectivity index (χ0v) is 34.1. The van der Waals surface area contributed by atoms with Gasteiger partial charge in [-0.1, -0.05) is 93.0 Å². The fraction of sp³-hybridized carbons (Fsp3) is 0.447. The Balaban J connectivity index is 1.74. The number of nitrogens with one attached hydrogen (secondary N) is 1. The van der Waals surface area contributed by atoms with E-state index in [1.54, 1.807) is 32.5 Å². The molecule has 0 fully saturated rings. The first-order valence-electron chi connectivity index (χ1n) is 16.9. The summed E-state index contributed by atoms with van der Waals surface area (Å²) in [5.41, 5.74) is -0.428. The van der Waals surface area contributed by atoms with E-state index in [-0.39, 0.29) is 11.9 Å². The Hall–Kier alpha value is -2.56. The average Bonchev–Trinajstić information content (AvgIpc) is 2.99. The van der Waals surface area contributed by atoms with Gasteiger partial charge in [0, 0.05) is 14.8 Å². The van der Waals surface area contributed by atoms with Crippen LogP contribution in [0.15, 0.2) is 94.0 Å². The van der Waals surface area contributed by atoms with Gasteiger partial charge < -0.3 is 29.0 Å². The van der Waals surface area contributed by atoms with Gasteiger partial charge in [0.1, 0.15) is 18.0 Å². The fourth-order valence-electron chi connectivity index (χ4n) is 5.20. The van der Waals surface area contributed by atoms with E-state index in [4.69, 9.17) is 25.5 Å². The zero-order chi connectivity index (χ0) is 37.2. The molecule has 0 heterocycles. The third-order valence-corrected chi connectivity index (χ3v) is 11.2. The van der Waals surface area contributed by atoms with Crippen molar-refractivity contribution in [2.75, 3.05) is 6.61 Å². The van der Waals surface area contributed by atoms with Gasteiger partial charge in [-0.05, 0) is 106 Å². The summed E-state index contributed by atoms with van der Waals surface area (Å²) in [5, 5.41) is 3.54. The van der Waals surface area contributed by atoms with Gasteiger partial charge in [-0.15, -0.1) is 0 Å². The molecule has 274 valence electrons. The lowest BCUT2D eigenvalue weighted by Gasteiger charge is -2.44. The Labute approximate surface area is 309 Å². The minimum atomic E-state index is -4.69. The van der Waals surface area contributed by atoms with Crippen molar-refractivity contribution in [2.45, 2.75) is 108 Å². The molecule has 0 aromatic heterocycles. The number of alkyl carbamates (subject to hydrolysis) is 1. The number of rotatable bonds is 16. The summed E-state index contributed by atoms with van der Waals surface area (Å²) in [5.74, 6) is 0.797. The summed E-state index contributed by atoms with van der Waals surface area (Å²) in [6, 6.07) is 24.1. The topological polar surface area (TPSA) is 114 Å². The van der Waals surface area contributed by atoms with Gasteiger partial charge in [-0.3, -0.25) is 4.57 Å². The molecule has 3 N–H and O–H groups in total. The highest BCUT2D eigenvalue weighted by Crippen LogP contribution is 2.49. The summed E-state index contributed by atoms with van der Waals surface area (Å²) < 4.78 is 30.0. The number of amides is 1. The molecule has 0 aliphatic heterocycles. The van der Waals surface area contributed by atoms with Gasteiger partial charge in [0.05, 0.1) is 17.5 Å². The standard InChI is InChI=1S/C38H53ClNO7PSSi/c1-36(2,3)38(40-35(41)47-37(4,5)6,25-31(48(42,43)44)27-46-50(7)8)22-13-12-17-29-20-21-33(24-34(29)39)49-32-19-14-18-30(23-32)45-26-28-15-10-9-11-16-28/h9-11,14-16,18-21,23-25,50H,12-13,17,22,26-27H2,1-8H3,(H,40,41)(H2,42,43,44). The zero-order valence-electron chi connectivity index (χ0n) is 30.5. The van der Waals surface area contributed by atoms with Crippen molar-refractivity contribution in [1.29, 1.82) is 0 Å². The van der Waals surface area contributed by atoms with Crippen molar-refractivity contribution < 1.29 is 33.0 Å². The summed E-state index contributed by atoms with van der Waals surface area (Å²) in [6.07, 6.45) is 3.34. The van der Waals surface area contributed by atoms with E-state index in [1.165, 1.54) is 6.08 Å². The molecule has 0 spiro atoms. The SMILES string of the molecule is C[SiH](C)OCC(=CC(CCCCc1ccc(Sc2cccc(OCc3ccccc3)c2)cc1Cl)(NC(=O)OC(C)(C)C)C(C)(C)C)P(=O)(O)O. The number of ether oxygens (including phenoxy) is 2. The van der Waals surface area contributed by atoms with Crippen LogP contribution in [-0.2, 0) is 26.8 Å². The van der Waals surface area contributed by atoms with E-state index in [2.05, 4.69) is 11.4 Å². The Morgan fingerprint density at radius 2 is 1.62 bits per heavy atom. The van der Waals surface area contributed by atoms with E-state index in [0.717, 1.165) is 33.1 Å². The van der Waals surface area contributed by atoms with Crippen LogP contribution in [-0.4, -0.2) is 42.7 Å². The summed E-state index contributed by atoms with van der Waals surface area (Å²) >= 11 is 8.39. The molecular formula is C38H53ClNO7PSSi. The van der Waals surface area contributed by atoms with Crippen molar-refractivity contribution in [3.8, 4) is 5.75 Å². The summed E-state index contributed by atoms with van der Waals surface area (Å²) in [4.78, 5) is 35.8.